The maximum atomic E-state index is 5.99. The van der Waals surface area contributed by atoms with E-state index in [4.69, 9.17) is 4.74 Å². The predicted molar refractivity (Wildman–Crippen MR) is 121 cm³/mol. The molecule has 0 amide bonds. The molecule has 0 saturated carbocycles. The molecule has 0 heterocycles. The molecule has 0 spiro atoms. The molecule has 0 aliphatic carbocycles. The van der Waals surface area contributed by atoms with Gasteiger partial charge >= 0.3 is 0 Å². The zero-order valence-corrected chi connectivity index (χ0v) is 24.0. The lowest BCUT2D eigenvalue weighted by atomic mass is 10.1. The number of halogens is 2. The second kappa shape index (κ2) is 22.0. The minimum absolute atomic E-state index is 0. The average Bonchev–Trinajstić information content (AvgIpc) is 2.60. The first-order valence-corrected chi connectivity index (χ1v) is 12.0. The van der Waals surface area contributed by atoms with Crippen molar-refractivity contribution in [2.45, 2.75) is 90.9 Å². The summed E-state index contributed by atoms with van der Waals surface area (Å²) in [5, 5.41) is 0. The Balaban J connectivity index is -0.00000338. The lowest BCUT2D eigenvalue weighted by molar-refractivity contribution is -0.894. The maximum Gasteiger partial charge on any atom is 0.102 e. The van der Waals surface area contributed by atoms with Crippen LogP contribution in [-0.2, 0) is 4.74 Å². The SMILES string of the molecule is CCCCCCCC[N+](C)(C)CCOCC[N+](C)(C)CCCCCCCC.[Br-].[Br-]. The van der Waals surface area contributed by atoms with E-state index in [0.717, 1.165) is 35.3 Å². The van der Waals surface area contributed by atoms with E-state index >= 15 is 0 Å². The number of unbranched alkanes of at least 4 members (excludes halogenated alkanes) is 10. The second-order valence-electron chi connectivity index (χ2n) is 9.91. The molecule has 0 rings (SSSR count). The average molecular weight is 547 g/mol. The number of hydrogen-bond acceptors (Lipinski definition) is 1. The fraction of sp³-hybridized carbons (Fsp3) is 1.00. The summed E-state index contributed by atoms with van der Waals surface area (Å²) >= 11 is 0. The number of nitrogens with zero attached hydrogens (tertiary/aromatic N) is 2. The van der Waals surface area contributed by atoms with Gasteiger partial charge in [-0.3, -0.25) is 0 Å². The molecule has 0 atom stereocenters. The van der Waals surface area contributed by atoms with Crippen LogP contribution in [0.3, 0.4) is 0 Å². The van der Waals surface area contributed by atoms with Crippen molar-refractivity contribution < 1.29 is 47.7 Å². The largest absolute Gasteiger partial charge is 1.00 e. The minimum Gasteiger partial charge on any atom is -1.00 e. The summed E-state index contributed by atoms with van der Waals surface area (Å²) in [6, 6.07) is 0. The van der Waals surface area contributed by atoms with Gasteiger partial charge in [0.15, 0.2) is 0 Å². The van der Waals surface area contributed by atoms with Crippen molar-refractivity contribution in [1.29, 1.82) is 0 Å². The van der Waals surface area contributed by atoms with Crippen LogP contribution in [0, 0.1) is 0 Å². The molecule has 29 heavy (non-hydrogen) atoms. The van der Waals surface area contributed by atoms with E-state index < -0.39 is 0 Å². The van der Waals surface area contributed by atoms with Gasteiger partial charge in [0.25, 0.3) is 0 Å². The third-order valence-corrected chi connectivity index (χ3v) is 5.92. The fourth-order valence-corrected chi connectivity index (χ4v) is 3.59. The summed E-state index contributed by atoms with van der Waals surface area (Å²) < 4.78 is 8.19. The Morgan fingerprint density at radius 3 is 1.10 bits per heavy atom. The monoisotopic (exact) mass is 544 g/mol. The summed E-state index contributed by atoms with van der Waals surface area (Å²) in [5.41, 5.74) is 0. The van der Waals surface area contributed by atoms with Crippen molar-refractivity contribution in [2.75, 3.05) is 67.6 Å². The molecular formula is C24H54Br2N2O. The van der Waals surface area contributed by atoms with Gasteiger partial charge in [0.05, 0.1) is 54.5 Å². The van der Waals surface area contributed by atoms with Gasteiger partial charge in [-0.25, -0.2) is 0 Å². The van der Waals surface area contributed by atoms with Crippen LogP contribution in [0.25, 0.3) is 0 Å². The molecule has 0 aromatic rings. The summed E-state index contributed by atoms with van der Waals surface area (Å²) in [6.45, 7) is 11.2. The molecule has 0 aliphatic rings. The van der Waals surface area contributed by atoms with E-state index in [-0.39, 0.29) is 34.0 Å². The molecule has 0 aromatic carbocycles. The molecule has 0 bridgehead atoms. The zero-order valence-electron chi connectivity index (χ0n) is 20.8. The van der Waals surface area contributed by atoms with Gasteiger partial charge < -0.3 is 47.7 Å². The van der Waals surface area contributed by atoms with Gasteiger partial charge in [-0.05, 0) is 25.7 Å². The first-order valence-electron chi connectivity index (χ1n) is 12.0. The standard InChI is InChI=1S/C24H54N2O.2BrH/c1-7-9-11-13-15-17-19-25(3,4)21-23-27-24-22-26(5,6)20-18-16-14-12-10-8-2;;/h7-24H2,1-6H3;2*1H/q+2;;/p-2. The topological polar surface area (TPSA) is 9.23 Å². The highest BCUT2D eigenvalue weighted by atomic mass is 79.9. The molecule has 0 radical (unpaired) electrons. The predicted octanol–water partition coefficient (Wildman–Crippen LogP) is -0.115. The van der Waals surface area contributed by atoms with Crippen molar-refractivity contribution in [3.05, 3.63) is 0 Å². The highest BCUT2D eigenvalue weighted by Crippen LogP contribution is 2.09. The van der Waals surface area contributed by atoms with Crippen molar-refractivity contribution in [2.24, 2.45) is 0 Å². The van der Waals surface area contributed by atoms with Gasteiger partial charge in [-0.2, -0.15) is 0 Å². The van der Waals surface area contributed by atoms with Crippen molar-refractivity contribution in [1.82, 2.24) is 0 Å². The molecule has 0 saturated heterocycles. The quantitative estimate of drug-likeness (QED) is 0.153. The minimum atomic E-state index is 0. The third-order valence-electron chi connectivity index (χ3n) is 5.92. The van der Waals surface area contributed by atoms with Crippen LogP contribution in [0.1, 0.15) is 90.9 Å². The van der Waals surface area contributed by atoms with E-state index in [1.165, 1.54) is 90.1 Å². The lowest BCUT2D eigenvalue weighted by Gasteiger charge is -2.31. The molecule has 0 N–H and O–H groups in total. The molecule has 0 aromatic heterocycles. The summed E-state index contributed by atoms with van der Waals surface area (Å²) in [5.74, 6) is 0. The van der Waals surface area contributed by atoms with E-state index in [1.807, 2.05) is 0 Å². The second-order valence-corrected chi connectivity index (χ2v) is 9.91. The van der Waals surface area contributed by atoms with Crippen LogP contribution < -0.4 is 34.0 Å². The van der Waals surface area contributed by atoms with Gasteiger partial charge in [-0.15, -0.1) is 0 Å². The van der Waals surface area contributed by atoms with Crippen LogP contribution in [0.15, 0.2) is 0 Å². The Bertz CT molecular complexity index is 296. The number of rotatable bonds is 20. The summed E-state index contributed by atoms with van der Waals surface area (Å²) in [7, 11) is 9.42. The Kier molecular flexibility index (Phi) is 26.2. The number of quaternary nitrogens is 2. The molecule has 0 aliphatic heterocycles. The fourth-order valence-electron chi connectivity index (χ4n) is 3.59. The van der Waals surface area contributed by atoms with Gasteiger partial charge in [-0.1, -0.05) is 65.2 Å². The number of ether oxygens (including phenoxy) is 1. The molecule has 5 heteroatoms. The Hall–Kier alpha value is 0.840. The summed E-state index contributed by atoms with van der Waals surface area (Å²) in [4.78, 5) is 0. The highest BCUT2D eigenvalue weighted by Gasteiger charge is 2.16. The third kappa shape index (κ3) is 25.0. The first-order chi connectivity index (χ1) is 12.8. The number of hydrogen-bond donors (Lipinski definition) is 0. The smallest absolute Gasteiger partial charge is 0.102 e. The van der Waals surface area contributed by atoms with Crippen molar-refractivity contribution in [3.63, 3.8) is 0 Å². The molecule has 180 valence electrons. The lowest BCUT2D eigenvalue weighted by Crippen LogP contribution is -3.00. The Labute approximate surface area is 205 Å². The first kappa shape index (κ1) is 34.5. The Morgan fingerprint density at radius 2 is 0.759 bits per heavy atom. The molecule has 0 fully saturated rings. The van der Waals surface area contributed by atoms with E-state index in [0.29, 0.717) is 0 Å². The van der Waals surface area contributed by atoms with Crippen LogP contribution in [0.4, 0.5) is 0 Å². The van der Waals surface area contributed by atoms with Crippen molar-refractivity contribution in [3.8, 4) is 0 Å². The van der Waals surface area contributed by atoms with Gasteiger partial charge in [0, 0.05) is 0 Å². The molecular weight excluding hydrogens is 492 g/mol. The highest BCUT2D eigenvalue weighted by molar-refractivity contribution is 4.46. The Morgan fingerprint density at radius 1 is 0.448 bits per heavy atom. The van der Waals surface area contributed by atoms with Crippen LogP contribution >= 0.6 is 0 Å². The van der Waals surface area contributed by atoms with E-state index in [2.05, 4.69) is 42.0 Å². The van der Waals surface area contributed by atoms with E-state index in [1.54, 1.807) is 0 Å². The van der Waals surface area contributed by atoms with E-state index in [9.17, 15) is 0 Å². The normalized spacial score (nSPS) is 11.8. The zero-order chi connectivity index (χ0) is 20.4. The molecule has 0 unspecified atom stereocenters. The van der Waals surface area contributed by atoms with Crippen LogP contribution in [0.5, 0.6) is 0 Å². The van der Waals surface area contributed by atoms with Crippen molar-refractivity contribution >= 4 is 0 Å². The van der Waals surface area contributed by atoms with Gasteiger partial charge in [0.1, 0.15) is 13.1 Å². The van der Waals surface area contributed by atoms with Gasteiger partial charge in [0.2, 0.25) is 0 Å². The molecule has 3 nitrogen and oxygen atoms in total. The number of likely N-dealkylation sites (N-methyl/N-ethyl adjacent to an activating group) is 2. The maximum absolute atomic E-state index is 5.99. The summed E-state index contributed by atoms with van der Waals surface area (Å²) in [6.07, 6.45) is 16.7. The van der Waals surface area contributed by atoms with Crippen LogP contribution in [0.2, 0.25) is 0 Å². The van der Waals surface area contributed by atoms with Crippen LogP contribution in [-0.4, -0.2) is 76.5 Å².